The molecule has 1 aliphatic rings. The van der Waals surface area contributed by atoms with Gasteiger partial charge in [0.15, 0.2) is 0 Å². The SMILES string of the molecule is NNc1cc(N2CCCOCC2)nc(C(F)(F)F)n1. The molecule has 0 aromatic carbocycles. The summed E-state index contributed by atoms with van der Waals surface area (Å²) in [5.41, 5.74) is 2.13. The Balaban J connectivity index is 2.33. The first-order chi connectivity index (χ1) is 9.00. The highest BCUT2D eigenvalue weighted by molar-refractivity contribution is 5.49. The monoisotopic (exact) mass is 277 g/mol. The lowest BCUT2D eigenvalue weighted by atomic mass is 10.3. The second kappa shape index (κ2) is 5.57. The van der Waals surface area contributed by atoms with Gasteiger partial charge in [0.25, 0.3) is 0 Å². The normalized spacial score (nSPS) is 17.2. The lowest BCUT2D eigenvalue weighted by Gasteiger charge is -2.22. The first-order valence-electron chi connectivity index (χ1n) is 5.76. The quantitative estimate of drug-likeness (QED) is 0.620. The highest BCUT2D eigenvalue weighted by Crippen LogP contribution is 2.29. The average molecular weight is 277 g/mol. The predicted molar refractivity (Wildman–Crippen MR) is 62.5 cm³/mol. The molecule has 1 aliphatic heterocycles. The second-order valence-corrected chi connectivity index (χ2v) is 4.03. The van der Waals surface area contributed by atoms with E-state index in [9.17, 15) is 13.2 Å². The molecule has 1 fully saturated rings. The third kappa shape index (κ3) is 3.44. The van der Waals surface area contributed by atoms with Gasteiger partial charge in [-0.2, -0.15) is 13.2 Å². The van der Waals surface area contributed by atoms with Crippen LogP contribution in [0.15, 0.2) is 6.07 Å². The fourth-order valence-electron chi connectivity index (χ4n) is 1.77. The lowest BCUT2D eigenvalue weighted by Crippen LogP contribution is -2.28. The Bertz CT molecular complexity index is 432. The number of nitrogens with zero attached hydrogens (tertiary/aromatic N) is 3. The maximum absolute atomic E-state index is 12.7. The molecule has 3 N–H and O–H groups in total. The minimum atomic E-state index is -4.61. The van der Waals surface area contributed by atoms with Gasteiger partial charge in [0.05, 0.1) is 6.61 Å². The maximum atomic E-state index is 12.7. The van der Waals surface area contributed by atoms with Gasteiger partial charge in [-0.05, 0) is 6.42 Å². The molecule has 19 heavy (non-hydrogen) atoms. The zero-order chi connectivity index (χ0) is 13.9. The van der Waals surface area contributed by atoms with Crippen molar-refractivity contribution in [3.05, 3.63) is 11.9 Å². The molecule has 0 radical (unpaired) electrons. The van der Waals surface area contributed by atoms with E-state index in [2.05, 4.69) is 15.4 Å². The van der Waals surface area contributed by atoms with Crippen LogP contribution in [0.4, 0.5) is 24.8 Å². The van der Waals surface area contributed by atoms with Crippen LogP contribution < -0.4 is 16.2 Å². The third-order valence-corrected chi connectivity index (χ3v) is 2.66. The van der Waals surface area contributed by atoms with Crippen LogP contribution in [0.3, 0.4) is 0 Å². The van der Waals surface area contributed by atoms with E-state index in [0.717, 1.165) is 6.42 Å². The van der Waals surface area contributed by atoms with E-state index < -0.39 is 12.0 Å². The number of anilines is 2. The molecule has 9 heteroatoms. The van der Waals surface area contributed by atoms with Crippen LogP contribution >= 0.6 is 0 Å². The molecule has 2 rings (SSSR count). The first-order valence-corrected chi connectivity index (χ1v) is 5.76. The Labute approximate surface area is 107 Å². The molecule has 2 heterocycles. The van der Waals surface area contributed by atoms with Gasteiger partial charge in [0.2, 0.25) is 5.82 Å². The van der Waals surface area contributed by atoms with Crippen molar-refractivity contribution in [3.8, 4) is 0 Å². The first kappa shape index (κ1) is 13.8. The summed E-state index contributed by atoms with van der Waals surface area (Å²) < 4.78 is 43.3. The number of rotatable bonds is 2. The summed E-state index contributed by atoms with van der Waals surface area (Å²) >= 11 is 0. The van der Waals surface area contributed by atoms with Crippen LogP contribution in [-0.4, -0.2) is 36.3 Å². The zero-order valence-electron chi connectivity index (χ0n) is 10.1. The molecule has 0 bridgehead atoms. The van der Waals surface area contributed by atoms with Gasteiger partial charge in [0.1, 0.15) is 11.6 Å². The number of ether oxygens (including phenoxy) is 1. The molecule has 0 amide bonds. The topological polar surface area (TPSA) is 76.3 Å². The summed E-state index contributed by atoms with van der Waals surface area (Å²) in [7, 11) is 0. The van der Waals surface area contributed by atoms with E-state index >= 15 is 0 Å². The number of hydrogen-bond acceptors (Lipinski definition) is 6. The zero-order valence-corrected chi connectivity index (χ0v) is 10.1. The van der Waals surface area contributed by atoms with E-state index in [0.29, 0.717) is 26.3 Å². The van der Waals surface area contributed by atoms with Crippen molar-refractivity contribution in [2.75, 3.05) is 36.6 Å². The minimum Gasteiger partial charge on any atom is -0.380 e. The number of nitrogens with one attached hydrogen (secondary N) is 1. The molecule has 0 unspecified atom stereocenters. The summed E-state index contributed by atoms with van der Waals surface area (Å²) in [5.74, 6) is 4.06. The van der Waals surface area contributed by atoms with Crippen molar-refractivity contribution < 1.29 is 17.9 Å². The van der Waals surface area contributed by atoms with Crippen molar-refractivity contribution in [2.24, 2.45) is 5.84 Å². The van der Waals surface area contributed by atoms with E-state index in [1.54, 1.807) is 4.90 Å². The maximum Gasteiger partial charge on any atom is 0.451 e. The van der Waals surface area contributed by atoms with Gasteiger partial charge in [-0.15, -0.1) is 0 Å². The van der Waals surface area contributed by atoms with Crippen LogP contribution in [-0.2, 0) is 10.9 Å². The van der Waals surface area contributed by atoms with Gasteiger partial charge in [-0.3, -0.25) is 0 Å². The number of nitrogens with two attached hydrogens (primary N) is 1. The molecule has 0 spiro atoms. The van der Waals surface area contributed by atoms with Crippen molar-refractivity contribution >= 4 is 11.6 Å². The summed E-state index contributed by atoms with van der Waals surface area (Å²) in [6.07, 6.45) is -3.87. The van der Waals surface area contributed by atoms with Gasteiger partial charge in [-0.1, -0.05) is 0 Å². The second-order valence-electron chi connectivity index (χ2n) is 4.03. The summed E-state index contributed by atoms with van der Waals surface area (Å²) in [6, 6.07) is 1.39. The van der Waals surface area contributed by atoms with Crippen molar-refractivity contribution in [3.63, 3.8) is 0 Å². The standard InChI is InChI=1S/C10H14F3N5O/c11-10(12,13)9-15-7(17-14)6-8(16-9)18-2-1-4-19-5-3-18/h6H,1-5,14H2,(H,15,16,17). The molecular weight excluding hydrogens is 263 g/mol. The number of halogens is 3. The molecule has 1 saturated heterocycles. The number of hydrazine groups is 1. The number of nitrogen functional groups attached to an aromatic ring is 1. The third-order valence-electron chi connectivity index (χ3n) is 2.66. The van der Waals surface area contributed by atoms with E-state index in [-0.39, 0.29) is 11.6 Å². The highest BCUT2D eigenvalue weighted by atomic mass is 19.4. The molecular formula is C10H14F3N5O. The van der Waals surface area contributed by atoms with Crippen LogP contribution in [0.1, 0.15) is 12.2 Å². The summed E-state index contributed by atoms with van der Waals surface area (Å²) in [4.78, 5) is 8.59. The van der Waals surface area contributed by atoms with Gasteiger partial charge in [0, 0.05) is 25.8 Å². The largest absolute Gasteiger partial charge is 0.451 e. The molecule has 0 aliphatic carbocycles. The molecule has 106 valence electrons. The molecule has 6 nitrogen and oxygen atoms in total. The highest BCUT2D eigenvalue weighted by Gasteiger charge is 2.36. The van der Waals surface area contributed by atoms with Crippen LogP contribution in [0.5, 0.6) is 0 Å². The predicted octanol–water partition coefficient (Wildman–Crippen LogP) is 1.01. The van der Waals surface area contributed by atoms with Crippen LogP contribution in [0.25, 0.3) is 0 Å². The smallest absolute Gasteiger partial charge is 0.380 e. The number of hydrogen-bond donors (Lipinski definition) is 2. The fourth-order valence-corrected chi connectivity index (χ4v) is 1.77. The molecule has 1 aromatic rings. The number of alkyl halides is 3. The van der Waals surface area contributed by atoms with Gasteiger partial charge < -0.3 is 15.1 Å². The van der Waals surface area contributed by atoms with Gasteiger partial charge in [-0.25, -0.2) is 15.8 Å². The Morgan fingerprint density at radius 1 is 1.26 bits per heavy atom. The molecule has 0 saturated carbocycles. The molecule has 1 aromatic heterocycles. The fraction of sp³-hybridized carbons (Fsp3) is 0.600. The lowest BCUT2D eigenvalue weighted by molar-refractivity contribution is -0.144. The molecule has 0 atom stereocenters. The average Bonchev–Trinajstić information content (AvgIpc) is 2.66. The van der Waals surface area contributed by atoms with Crippen LogP contribution in [0, 0.1) is 0 Å². The Morgan fingerprint density at radius 3 is 2.74 bits per heavy atom. The Hall–Kier alpha value is -1.61. The van der Waals surface area contributed by atoms with Crippen molar-refractivity contribution in [2.45, 2.75) is 12.6 Å². The van der Waals surface area contributed by atoms with Crippen molar-refractivity contribution in [1.29, 1.82) is 0 Å². The Kier molecular flexibility index (Phi) is 4.05. The minimum absolute atomic E-state index is 0.0671. The Morgan fingerprint density at radius 2 is 2.05 bits per heavy atom. The van der Waals surface area contributed by atoms with Gasteiger partial charge >= 0.3 is 6.18 Å². The van der Waals surface area contributed by atoms with Crippen molar-refractivity contribution in [1.82, 2.24) is 9.97 Å². The van der Waals surface area contributed by atoms with E-state index in [4.69, 9.17) is 10.6 Å². The van der Waals surface area contributed by atoms with Crippen LogP contribution in [0.2, 0.25) is 0 Å². The summed E-state index contributed by atoms with van der Waals surface area (Å²) in [6.45, 7) is 2.11. The van der Waals surface area contributed by atoms with E-state index in [1.165, 1.54) is 6.07 Å². The number of aromatic nitrogens is 2. The summed E-state index contributed by atoms with van der Waals surface area (Å²) in [5, 5.41) is 0. The van der Waals surface area contributed by atoms with E-state index in [1.807, 2.05) is 0 Å².